The van der Waals surface area contributed by atoms with Gasteiger partial charge in [-0.1, -0.05) is 27.5 Å². The van der Waals surface area contributed by atoms with Crippen molar-refractivity contribution < 1.29 is 13.6 Å². The van der Waals surface area contributed by atoms with Crippen molar-refractivity contribution in [2.75, 3.05) is 5.32 Å². The van der Waals surface area contributed by atoms with Crippen molar-refractivity contribution in [1.29, 1.82) is 0 Å². The third-order valence-corrected chi connectivity index (χ3v) is 3.49. The molecule has 2 nitrogen and oxygen atoms in total. The second kappa shape index (κ2) is 5.89. The van der Waals surface area contributed by atoms with Crippen LogP contribution in [-0.4, -0.2) is 5.91 Å². The average Bonchev–Trinajstić information content (AvgIpc) is 2.38. The molecule has 0 aliphatic heterocycles. The highest BCUT2D eigenvalue weighted by Crippen LogP contribution is 2.24. The van der Waals surface area contributed by atoms with Crippen molar-refractivity contribution in [3.05, 3.63) is 62.6 Å². The molecule has 2 rings (SSSR count). The van der Waals surface area contributed by atoms with Gasteiger partial charge in [0.1, 0.15) is 11.6 Å². The Bertz CT molecular complexity index is 691. The monoisotopic (exact) mass is 359 g/mol. The third-order valence-electron chi connectivity index (χ3n) is 2.67. The molecule has 0 radical (unpaired) electrons. The molecule has 0 aliphatic carbocycles. The molecule has 1 N–H and O–H groups in total. The normalized spacial score (nSPS) is 10.4. The molecule has 104 valence electrons. The number of carbonyl (C=O) groups is 1. The van der Waals surface area contributed by atoms with E-state index in [1.807, 2.05) is 0 Å². The zero-order chi connectivity index (χ0) is 14.9. The second-order valence-corrected chi connectivity index (χ2v) is 5.48. The van der Waals surface area contributed by atoms with Crippen LogP contribution in [0.3, 0.4) is 0 Å². The zero-order valence-corrected chi connectivity index (χ0v) is 12.6. The van der Waals surface area contributed by atoms with Crippen molar-refractivity contribution in [1.82, 2.24) is 0 Å². The fraction of sp³-hybridized carbons (Fsp3) is 0.0714. The van der Waals surface area contributed by atoms with Gasteiger partial charge in [-0.15, -0.1) is 0 Å². The molecule has 0 saturated carbocycles. The topological polar surface area (TPSA) is 29.1 Å². The minimum atomic E-state index is -0.705. The van der Waals surface area contributed by atoms with E-state index in [1.165, 1.54) is 19.1 Å². The number of benzene rings is 2. The minimum absolute atomic E-state index is 0.168. The number of aryl methyl sites for hydroxylation is 1. The molecule has 1 amide bonds. The highest BCUT2D eigenvalue weighted by molar-refractivity contribution is 9.10. The fourth-order valence-corrected chi connectivity index (χ4v) is 2.17. The van der Waals surface area contributed by atoms with Crippen molar-refractivity contribution in [2.24, 2.45) is 0 Å². The number of amides is 1. The molecular weight excluding hydrogens is 352 g/mol. The number of halogens is 4. The summed E-state index contributed by atoms with van der Waals surface area (Å²) in [6, 6.07) is 6.67. The van der Waals surface area contributed by atoms with E-state index in [0.717, 1.165) is 12.1 Å². The highest BCUT2D eigenvalue weighted by Gasteiger charge is 2.14. The maximum absolute atomic E-state index is 13.7. The Morgan fingerprint density at radius 3 is 2.60 bits per heavy atom. The van der Waals surface area contributed by atoms with E-state index in [9.17, 15) is 13.6 Å². The summed E-state index contributed by atoms with van der Waals surface area (Å²) in [7, 11) is 0. The summed E-state index contributed by atoms with van der Waals surface area (Å²) in [4.78, 5) is 12.0. The second-order valence-electron chi connectivity index (χ2n) is 4.16. The standard InChI is InChI=1S/C14H9BrClF2NO/c1-7-4-12(18)13(6-11(7)17)19-14(20)9-5-8(15)2-3-10(9)16/h2-6H,1H3,(H,19,20). The summed E-state index contributed by atoms with van der Waals surface area (Å²) < 4.78 is 27.7. The summed E-state index contributed by atoms with van der Waals surface area (Å²) in [5, 5.41) is 2.52. The van der Waals surface area contributed by atoms with Crippen molar-refractivity contribution >= 4 is 39.1 Å². The van der Waals surface area contributed by atoms with E-state index < -0.39 is 17.5 Å². The van der Waals surface area contributed by atoms with Crippen LogP contribution in [0.4, 0.5) is 14.5 Å². The number of hydrogen-bond donors (Lipinski definition) is 1. The smallest absolute Gasteiger partial charge is 0.257 e. The number of hydrogen-bond acceptors (Lipinski definition) is 1. The molecule has 2 aromatic carbocycles. The summed E-state index contributed by atoms with van der Waals surface area (Å²) in [6.07, 6.45) is 0. The maximum atomic E-state index is 13.7. The molecule has 0 aliphatic rings. The molecular formula is C14H9BrClF2NO. The van der Waals surface area contributed by atoms with Crippen LogP contribution in [-0.2, 0) is 0 Å². The number of nitrogens with one attached hydrogen (secondary N) is 1. The van der Waals surface area contributed by atoms with Gasteiger partial charge in [-0.25, -0.2) is 8.78 Å². The van der Waals surface area contributed by atoms with Gasteiger partial charge in [-0.05, 0) is 36.8 Å². The van der Waals surface area contributed by atoms with Gasteiger partial charge < -0.3 is 5.32 Å². The van der Waals surface area contributed by atoms with Gasteiger partial charge >= 0.3 is 0 Å². The zero-order valence-electron chi connectivity index (χ0n) is 10.3. The third kappa shape index (κ3) is 3.16. The predicted molar refractivity (Wildman–Crippen MR) is 78.2 cm³/mol. The lowest BCUT2D eigenvalue weighted by atomic mass is 10.1. The lowest BCUT2D eigenvalue weighted by Crippen LogP contribution is -2.14. The maximum Gasteiger partial charge on any atom is 0.257 e. The molecule has 0 unspecified atom stereocenters. The van der Waals surface area contributed by atoms with E-state index in [4.69, 9.17) is 11.6 Å². The molecule has 0 spiro atoms. The van der Waals surface area contributed by atoms with Crippen molar-refractivity contribution in [2.45, 2.75) is 6.92 Å². The molecule has 20 heavy (non-hydrogen) atoms. The van der Waals surface area contributed by atoms with Crippen LogP contribution in [0.15, 0.2) is 34.8 Å². The quantitative estimate of drug-likeness (QED) is 0.807. The average molecular weight is 361 g/mol. The Kier molecular flexibility index (Phi) is 4.40. The van der Waals surface area contributed by atoms with Gasteiger partial charge in [0, 0.05) is 10.5 Å². The van der Waals surface area contributed by atoms with Crippen LogP contribution in [0, 0.1) is 18.6 Å². The molecule has 0 fully saturated rings. The molecule has 0 heterocycles. The summed E-state index contributed by atoms with van der Waals surface area (Å²) in [5.41, 5.74) is 0.108. The summed E-state index contributed by atoms with van der Waals surface area (Å²) >= 11 is 9.12. The molecule has 0 aromatic heterocycles. The predicted octanol–water partition coefficient (Wildman–Crippen LogP) is 4.94. The molecule has 0 saturated heterocycles. The molecule has 0 bridgehead atoms. The van der Waals surface area contributed by atoms with Crippen molar-refractivity contribution in [3.8, 4) is 0 Å². The minimum Gasteiger partial charge on any atom is -0.319 e. The Hall–Kier alpha value is -1.46. The molecule has 2 aromatic rings. The number of carbonyl (C=O) groups excluding carboxylic acids is 1. The van der Waals surface area contributed by atoms with Crippen LogP contribution >= 0.6 is 27.5 Å². The van der Waals surface area contributed by atoms with Gasteiger partial charge in [0.25, 0.3) is 5.91 Å². The summed E-state index contributed by atoms with van der Waals surface area (Å²) in [5.74, 6) is -1.91. The van der Waals surface area contributed by atoms with Crippen LogP contribution in [0.1, 0.15) is 15.9 Å². The van der Waals surface area contributed by atoms with Crippen molar-refractivity contribution in [3.63, 3.8) is 0 Å². The first kappa shape index (κ1) is 14.9. The SMILES string of the molecule is Cc1cc(F)c(NC(=O)c2cc(Br)ccc2Cl)cc1F. The van der Waals surface area contributed by atoms with Gasteiger partial charge in [-0.3, -0.25) is 4.79 Å². The van der Waals surface area contributed by atoms with Gasteiger partial charge in [-0.2, -0.15) is 0 Å². The van der Waals surface area contributed by atoms with E-state index in [-0.39, 0.29) is 21.8 Å². The highest BCUT2D eigenvalue weighted by atomic mass is 79.9. The number of rotatable bonds is 2. The van der Waals surface area contributed by atoms with Gasteiger partial charge in [0.2, 0.25) is 0 Å². The van der Waals surface area contributed by atoms with Gasteiger partial charge in [0.05, 0.1) is 16.3 Å². The Labute approximate surface area is 127 Å². The lowest BCUT2D eigenvalue weighted by Gasteiger charge is -2.09. The Morgan fingerprint density at radius 1 is 1.20 bits per heavy atom. The van der Waals surface area contributed by atoms with Crippen LogP contribution in [0.5, 0.6) is 0 Å². The van der Waals surface area contributed by atoms with Gasteiger partial charge in [0.15, 0.2) is 0 Å². The van der Waals surface area contributed by atoms with Crippen LogP contribution in [0.25, 0.3) is 0 Å². The first-order valence-electron chi connectivity index (χ1n) is 5.60. The van der Waals surface area contributed by atoms with E-state index in [0.29, 0.717) is 4.47 Å². The first-order valence-corrected chi connectivity index (χ1v) is 6.77. The first-order chi connectivity index (χ1) is 9.38. The van der Waals surface area contributed by atoms with Crippen LogP contribution in [0.2, 0.25) is 5.02 Å². The van der Waals surface area contributed by atoms with E-state index in [1.54, 1.807) is 6.07 Å². The largest absolute Gasteiger partial charge is 0.319 e. The Balaban J connectivity index is 2.32. The van der Waals surface area contributed by atoms with E-state index >= 15 is 0 Å². The van der Waals surface area contributed by atoms with E-state index in [2.05, 4.69) is 21.2 Å². The molecule has 0 atom stereocenters. The number of anilines is 1. The van der Waals surface area contributed by atoms with Crippen LogP contribution < -0.4 is 5.32 Å². The lowest BCUT2D eigenvalue weighted by molar-refractivity contribution is 0.102. The fourth-order valence-electron chi connectivity index (χ4n) is 1.60. The molecule has 6 heteroatoms. The summed E-state index contributed by atoms with van der Waals surface area (Å²) in [6.45, 7) is 1.44. The Morgan fingerprint density at radius 2 is 1.90 bits per heavy atom.